The van der Waals surface area contributed by atoms with Gasteiger partial charge in [-0.25, -0.2) is 4.79 Å². The molecule has 0 fully saturated rings. The van der Waals surface area contributed by atoms with Gasteiger partial charge in [-0.15, -0.1) is 0 Å². The topological polar surface area (TPSA) is 141 Å². The van der Waals surface area contributed by atoms with Crippen LogP contribution in [-0.2, 0) is 41.8 Å². The van der Waals surface area contributed by atoms with Crippen molar-refractivity contribution >= 4 is 34.6 Å². The molecule has 0 aliphatic carbocycles. The average molecular weight is 476 g/mol. The van der Waals surface area contributed by atoms with Gasteiger partial charge in [-0.1, -0.05) is 24.3 Å². The Morgan fingerprint density at radius 2 is 1.83 bits per heavy atom. The molecule has 3 heterocycles. The van der Waals surface area contributed by atoms with E-state index in [1.807, 2.05) is 36.4 Å². The van der Waals surface area contributed by atoms with Gasteiger partial charge in [0.2, 0.25) is 12.0 Å². The van der Waals surface area contributed by atoms with Crippen molar-refractivity contribution in [2.45, 2.75) is 32.1 Å². The predicted octanol–water partition coefficient (Wildman–Crippen LogP) is 1.65. The second kappa shape index (κ2) is 8.71. The summed E-state index contributed by atoms with van der Waals surface area (Å²) in [7, 11) is 0. The van der Waals surface area contributed by atoms with Gasteiger partial charge in [-0.2, -0.15) is 0 Å². The highest BCUT2D eigenvalue weighted by molar-refractivity contribution is 5.90. The number of esters is 2. The smallest absolute Gasteiger partial charge is 0.352 e. The zero-order valence-electron chi connectivity index (χ0n) is 18.4. The van der Waals surface area contributed by atoms with Crippen LogP contribution in [0.2, 0.25) is 0 Å². The maximum absolute atomic E-state index is 13.3. The van der Waals surface area contributed by atoms with Gasteiger partial charge in [0.25, 0.3) is 5.56 Å². The first-order valence-electron chi connectivity index (χ1n) is 10.9. The monoisotopic (exact) mass is 476 g/mol. The van der Waals surface area contributed by atoms with E-state index < -0.39 is 36.5 Å². The number of carbonyl (C=O) groups is 4. The van der Waals surface area contributed by atoms with E-state index >= 15 is 0 Å². The molecule has 3 aromatic rings. The lowest BCUT2D eigenvalue weighted by molar-refractivity contribution is -0.171. The van der Waals surface area contributed by atoms with E-state index in [0.717, 1.165) is 21.9 Å². The molecule has 5 rings (SSSR count). The van der Waals surface area contributed by atoms with Crippen LogP contribution in [0.25, 0.3) is 22.0 Å². The quantitative estimate of drug-likeness (QED) is 0.400. The number of pyridine rings is 1. The molecule has 10 heteroatoms. The van der Waals surface area contributed by atoms with Crippen LogP contribution in [-0.4, -0.2) is 40.0 Å². The number of carboxylic acid groups (broad SMARTS) is 1. The summed E-state index contributed by atoms with van der Waals surface area (Å²) in [6.07, 6.45) is -2.13. The van der Waals surface area contributed by atoms with Crippen molar-refractivity contribution in [3.8, 4) is 11.3 Å². The van der Waals surface area contributed by atoms with Gasteiger partial charge in [0.1, 0.15) is 13.2 Å². The Bertz CT molecular complexity index is 1470. The second-order valence-electron chi connectivity index (χ2n) is 8.36. The van der Waals surface area contributed by atoms with Crippen molar-refractivity contribution in [2.75, 3.05) is 6.54 Å². The number of benzene rings is 2. The maximum Gasteiger partial charge on any atom is 0.352 e. The van der Waals surface area contributed by atoms with Crippen molar-refractivity contribution in [1.29, 1.82) is 0 Å². The molecular formula is C25H20N2O8. The molecule has 2 aromatic carbocycles. The fraction of sp³-hybridized carbons (Fsp3) is 0.240. The van der Waals surface area contributed by atoms with E-state index in [2.05, 4.69) is 5.32 Å². The van der Waals surface area contributed by atoms with E-state index in [1.165, 1.54) is 0 Å². The number of aromatic nitrogens is 1. The van der Waals surface area contributed by atoms with E-state index in [1.54, 1.807) is 10.6 Å². The molecule has 35 heavy (non-hydrogen) atoms. The van der Waals surface area contributed by atoms with Crippen LogP contribution >= 0.6 is 0 Å². The number of carboxylic acids is 1. The second-order valence-corrected chi connectivity index (χ2v) is 8.36. The van der Waals surface area contributed by atoms with Gasteiger partial charge < -0.3 is 24.5 Å². The number of aliphatic carboxylic acids is 1. The molecule has 1 amide bonds. The first kappa shape index (κ1) is 22.3. The minimum atomic E-state index is -1.45. The maximum atomic E-state index is 13.3. The van der Waals surface area contributed by atoms with E-state index in [-0.39, 0.29) is 36.1 Å². The molecule has 1 unspecified atom stereocenters. The molecule has 0 saturated carbocycles. The highest BCUT2D eigenvalue weighted by Gasteiger charge is 2.37. The molecule has 2 N–H and O–H groups in total. The summed E-state index contributed by atoms with van der Waals surface area (Å²) in [5.41, 5.74) is 2.60. The normalized spacial score (nSPS) is 15.5. The number of hydrogen-bond donors (Lipinski definition) is 2. The van der Waals surface area contributed by atoms with E-state index in [9.17, 15) is 24.0 Å². The van der Waals surface area contributed by atoms with Crippen LogP contribution < -0.4 is 10.9 Å². The summed E-state index contributed by atoms with van der Waals surface area (Å²) < 4.78 is 12.0. The van der Waals surface area contributed by atoms with Gasteiger partial charge in [0, 0.05) is 17.5 Å². The SMILES string of the molecule is O=C(O)CCC(=O)NCC(=O)OC1C(=O)OCc2c1cc1n(c2=O)Cc2cc3ccccc3cc2-1. The van der Waals surface area contributed by atoms with Gasteiger partial charge in [0.05, 0.1) is 24.2 Å². The first-order valence-corrected chi connectivity index (χ1v) is 10.9. The number of nitrogens with one attached hydrogen (secondary N) is 1. The fourth-order valence-corrected chi connectivity index (χ4v) is 4.40. The number of rotatable bonds is 6. The molecule has 0 spiro atoms. The Balaban J connectivity index is 1.43. The third kappa shape index (κ3) is 4.14. The minimum absolute atomic E-state index is 0.231. The van der Waals surface area contributed by atoms with E-state index in [0.29, 0.717) is 12.2 Å². The van der Waals surface area contributed by atoms with Crippen molar-refractivity contribution in [2.24, 2.45) is 0 Å². The molecule has 2 aliphatic rings. The Hall–Kier alpha value is -4.47. The Morgan fingerprint density at radius 1 is 1.09 bits per heavy atom. The Kier molecular flexibility index (Phi) is 5.56. The number of hydrogen-bond acceptors (Lipinski definition) is 7. The summed E-state index contributed by atoms with van der Waals surface area (Å²) in [6.45, 7) is -0.412. The predicted molar refractivity (Wildman–Crippen MR) is 121 cm³/mol. The summed E-state index contributed by atoms with van der Waals surface area (Å²) in [4.78, 5) is 60.3. The van der Waals surface area contributed by atoms with Crippen LogP contribution in [0, 0.1) is 0 Å². The number of ether oxygens (including phenoxy) is 2. The molecule has 2 aliphatic heterocycles. The van der Waals surface area contributed by atoms with Crippen molar-refractivity contribution in [1.82, 2.24) is 9.88 Å². The number of nitrogens with zero attached hydrogens (tertiary/aromatic N) is 1. The molecular weight excluding hydrogens is 456 g/mol. The first-order chi connectivity index (χ1) is 16.8. The van der Waals surface area contributed by atoms with Crippen molar-refractivity contribution in [3.63, 3.8) is 0 Å². The van der Waals surface area contributed by atoms with Crippen molar-refractivity contribution in [3.05, 3.63) is 69.5 Å². The Labute approximate surface area is 198 Å². The largest absolute Gasteiger partial charge is 0.481 e. The molecule has 0 bridgehead atoms. The average Bonchev–Trinajstić information content (AvgIpc) is 3.19. The zero-order valence-corrected chi connectivity index (χ0v) is 18.4. The van der Waals surface area contributed by atoms with Gasteiger partial charge >= 0.3 is 17.9 Å². The molecule has 0 radical (unpaired) electrons. The van der Waals surface area contributed by atoms with Crippen LogP contribution in [0.4, 0.5) is 0 Å². The summed E-state index contributed by atoms with van der Waals surface area (Å²) in [5, 5.41) is 12.9. The highest BCUT2D eigenvalue weighted by atomic mass is 16.6. The van der Waals surface area contributed by atoms with Crippen LogP contribution in [0.15, 0.2) is 47.3 Å². The lowest BCUT2D eigenvalue weighted by Gasteiger charge is -2.25. The van der Waals surface area contributed by atoms with Gasteiger partial charge in [-0.05, 0) is 34.5 Å². The van der Waals surface area contributed by atoms with E-state index in [4.69, 9.17) is 14.6 Å². The molecule has 1 aromatic heterocycles. The van der Waals surface area contributed by atoms with Gasteiger partial charge in [-0.3, -0.25) is 19.2 Å². The highest BCUT2D eigenvalue weighted by Crippen LogP contribution is 2.37. The number of amides is 1. The van der Waals surface area contributed by atoms with Crippen LogP contribution in [0.1, 0.15) is 35.6 Å². The van der Waals surface area contributed by atoms with Crippen LogP contribution in [0.5, 0.6) is 0 Å². The summed E-state index contributed by atoms with van der Waals surface area (Å²) in [6, 6.07) is 13.5. The fourth-order valence-electron chi connectivity index (χ4n) is 4.40. The molecule has 10 nitrogen and oxygen atoms in total. The summed E-state index contributed by atoms with van der Waals surface area (Å²) in [5.74, 6) is -3.52. The third-order valence-electron chi connectivity index (χ3n) is 6.11. The summed E-state index contributed by atoms with van der Waals surface area (Å²) >= 11 is 0. The Morgan fingerprint density at radius 3 is 2.57 bits per heavy atom. The third-order valence-corrected chi connectivity index (χ3v) is 6.11. The number of fused-ring (bicyclic) bond motifs is 5. The molecule has 178 valence electrons. The molecule has 1 atom stereocenters. The molecule has 0 saturated heterocycles. The van der Waals surface area contributed by atoms with Crippen molar-refractivity contribution < 1.29 is 33.8 Å². The number of carbonyl (C=O) groups excluding carboxylic acids is 3. The standard InChI is InChI=1S/C25H20N2O8/c28-20(5-6-21(29)30)26-10-22(31)35-23-17-9-19-16-8-14-4-2-1-3-13(14)7-15(16)11-27(19)24(32)18(17)12-34-25(23)33/h1-4,7-9,23H,5-6,10-12H2,(H,26,28)(H,29,30). The van der Waals surface area contributed by atoms with Crippen LogP contribution in [0.3, 0.4) is 0 Å². The van der Waals surface area contributed by atoms with Gasteiger partial charge in [0.15, 0.2) is 0 Å². The zero-order chi connectivity index (χ0) is 24.7. The lowest BCUT2D eigenvalue weighted by atomic mass is 9.97. The lowest BCUT2D eigenvalue weighted by Crippen LogP contribution is -2.37. The number of cyclic esters (lactones) is 1. The minimum Gasteiger partial charge on any atom is -0.481 e.